The standard InChI is InChI=1S/C24H21ClFN3O4S/c25-18-3-7-20(8-4-18)34(32,33)27-21-9-10-22-17-11-15(13-29(22)24(21)31)12-28(14-17)23(30)16-1-5-19(26)6-2-16/h1-10,15,17,27H,11-14H2. The summed E-state index contributed by atoms with van der Waals surface area (Å²) in [6.07, 6.45) is 0.836. The van der Waals surface area contributed by atoms with Gasteiger partial charge in [0, 0.05) is 41.8 Å². The Kier molecular flexibility index (Phi) is 5.69. The molecule has 1 N–H and O–H groups in total. The lowest BCUT2D eigenvalue weighted by molar-refractivity contribution is 0.0594. The molecule has 2 bridgehead atoms. The minimum Gasteiger partial charge on any atom is -0.338 e. The van der Waals surface area contributed by atoms with Crippen molar-refractivity contribution in [3.63, 3.8) is 0 Å². The normalized spacial score (nSPS) is 19.4. The number of amides is 1. The minimum absolute atomic E-state index is 0.00541. The van der Waals surface area contributed by atoms with Crippen LogP contribution in [0.1, 0.15) is 28.4 Å². The van der Waals surface area contributed by atoms with Crippen molar-refractivity contribution in [1.29, 1.82) is 0 Å². The Hall–Kier alpha value is -3.17. The van der Waals surface area contributed by atoms with Gasteiger partial charge >= 0.3 is 0 Å². The van der Waals surface area contributed by atoms with Gasteiger partial charge in [0.25, 0.3) is 21.5 Å². The first kappa shape index (κ1) is 22.6. The Morgan fingerprint density at radius 1 is 0.971 bits per heavy atom. The number of nitrogens with zero attached hydrogens (tertiary/aromatic N) is 2. The summed E-state index contributed by atoms with van der Waals surface area (Å²) in [6, 6.07) is 14.4. The fraction of sp³-hybridized carbons (Fsp3) is 0.250. The highest BCUT2D eigenvalue weighted by atomic mass is 35.5. The van der Waals surface area contributed by atoms with Gasteiger partial charge in [0.1, 0.15) is 11.5 Å². The Morgan fingerprint density at radius 2 is 1.68 bits per heavy atom. The Labute approximate surface area is 200 Å². The number of nitrogens with one attached hydrogen (secondary N) is 1. The maximum absolute atomic E-state index is 13.2. The number of likely N-dealkylation sites (tertiary alicyclic amines) is 1. The zero-order valence-corrected chi connectivity index (χ0v) is 19.5. The van der Waals surface area contributed by atoms with Crippen molar-refractivity contribution in [3.05, 3.63) is 93.1 Å². The largest absolute Gasteiger partial charge is 0.338 e. The SMILES string of the molecule is O=C(c1ccc(F)cc1)N1CC2CC(C1)c1ccc(NS(=O)(=O)c3ccc(Cl)cc3)c(=O)n1C2. The van der Waals surface area contributed by atoms with E-state index in [1.807, 2.05) is 0 Å². The van der Waals surface area contributed by atoms with E-state index in [0.29, 0.717) is 30.2 Å². The van der Waals surface area contributed by atoms with Gasteiger partial charge in [0.05, 0.1) is 4.90 Å². The van der Waals surface area contributed by atoms with Crippen LogP contribution in [0.15, 0.2) is 70.4 Å². The molecule has 3 aromatic rings. The second-order valence-corrected chi connectivity index (χ2v) is 10.8. The summed E-state index contributed by atoms with van der Waals surface area (Å²) in [6.45, 7) is 1.29. The third-order valence-corrected chi connectivity index (χ3v) is 7.98. The van der Waals surface area contributed by atoms with Gasteiger partial charge in [0.15, 0.2) is 0 Å². The lowest BCUT2D eigenvalue weighted by Gasteiger charge is -2.43. The number of benzene rings is 2. The first-order chi connectivity index (χ1) is 16.2. The van der Waals surface area contributed by atoms with Gasteiger partial charge in [-0.1, -0.05) is 11.6 Å². The van der Waals surface area contributed by atoms with Crippen LogP contribution in [-0.4, -0.2) is 36.9 Å². The summed E-state index contributed by atoms with van der Waals surface area (Å²) in [5, 5.41) is 0.409. The van der Waals surface area contributed by atoms with Crippen LogP contribution in [0.5, 0.6) is 0 Å². The number of fused-ring (bicyclic) bond motifs is 4. The molecule has 2 unspecified atom stereocenters. The molecule has 5 rings (SSSR count). The van der Waals surface area contributed by atoms with E-state index in [4.69, 9.17) is 11.6 Å². The highest BCUT2D eigenvalue weighted by molar-refractivity contribution is 7.92. The molecule has 2 atom stereocenters. The smallest absolute Gasteiger partial charge is 0.275 e. The molecule has 34 heavy (non-hydrogen) atoms. The van der Waals surface area contributed by atoms with Crippen molar-refractivity contribution in [2.75, 3.05) is 17.8 Å². The maximum atomic E-state index is 13.2. The van der Waals surface area contributed by atoms with Gasteiger partial charge in [-0.05, 0) is 73.0 Å². The van der Waals surface area contributed by atoms with E-state index in [1.165, 1.54) is 54.6 Å². The van der Waals surface area contributed by atoms with Gasteiger partial charge in [-0.15, -0.1) is 0 Å². The molecule has 0 aliphatic carbocycles. The fourth-order valence-corrected chi connectivity index (χ4v) is 5.96. The van der Waals surface area contributed by atoms with Crippen LogP contribution < -0.4 is 10.3 Å². The maximum Gasteiger partial charge on any atom is 0.275 e. The Morgan fingerprint density at radius 3 is 2.38 bits per heavy atom. The second-order valence-electron chi connectivity index (χ2n) is 8.66. The highest BCUT2D eigenvalue weighted by Gasteiger charge is 2.37. The van der Waals surface area contributed by atoms with E-state index in [-0.39, 0.29) is 28.3 Å². The molecule has 2 aromatic carbocycles. The van der Waals surface area contributed by atoms with Crippen molar-refractivity contribution in [2.24, 2.45) is 5.92 Å². The molecule has 1 amide bonds. The third kappa shape index (κ3) is 4.21. The van der Waals surface area contributed by atoms with E-state index in [9.17, 15) is 22.4 Å². The average Bonchev–Trinajstić information content (AvgIpc) is 2.81. The first-order valence-corrected chi connectivity index (χ1v) is 12.6. The van der Waals surface area contributed by atoms with Crippen LogP contribution in [-0.2, 0) is 16.6 Å². The van der Waals surface area contributed by atoms with Crippen LogP contribution in [0, 0.1) is 11.7 Å². The zero-order valence-electron chi connectivity index (χ0n) is 17.9. The number of halogens is 2. The number of sulfonamides is 1. The fourth-order valence-electron chi connectivity index (χ4n) is 4.78. The molecule has 0 radical (unpaired) electrons. The molecule has 176 valence electrons. The van der Waals surface area contributed by atoms with Gasteiger partial charge in [0.2, 0.25) is 0 Å². The molecule has 1 saturated heterocycles. The molecule has 3 heterocycles. The van der Waals surface area contributed by atoms with E-state index in [0.717, 1.165) is 12.1 Å². The number of rotatable bonds is 4. The van der Waals surface area contributed by atoms with Crippen LogP contribution >= 0.6 is 11.6 Å². The second kappa shape index (κ2) is 8.56. The van der Waals surface area contributed by atoms with Crippen molar-refractivity contribution >= 4 is 33.2 Å². The van der Waals surface area contributed by atoms with Gasteiger partial charge in [-0.2, -0.15) is 0 Å². The van der Waals surface area contributed by atoms with Crippen LogP contribution in [0.4, 0.5) is 10.1 Å². The topological polar surface area (TPSA) is 88.5 Å². The average molecular weight is 502 g/mol. The summed E-state index contributed by atoms with van der Waals surface area (Å²) in [7, 11) is -3.95. The first-order valence-electron chi connectivity index (χ1n) is 10.8. The van der Waals surface area contributed by atoms with Crippen LogP contribution in [0.25, 0.3) is 0 Å². The summed E-state index contributed by atoms with van der Waals surface area (Å²) in [5.74, 6) is -0.566. The number of hydrogen-bond donors (Lipinski definition) is 1. The number of aromatic nitrogens is 1. The summed E-state index contributed by atoms with van der Waals surface area (Å²) >= 11 is 5.84. The van der Waals surface area contributed by atoms with Gasteiger partial charge < -0.3 is 9.47 Å². The lowest BCUT2D eigenvalue weighted by Crippen LogP contribution is -2.49. The molecule has 0 spiro atoms. The van der Waals surface area contributed by atoms with Crippen molar-refractivity contribution in [3.8, 4) is 0 Å². The summed E-state index contributed by atoms with van der Waals surface area (Å²) in [5.41, 5.74) is 0.749. The molecule has 1 aromatic heterocycles. The molecule has 1 fully saturated rings. The summed E-state index contributed by atoms with van der Waals surface area (Å²) in [4.78, 5) is 27.9. The predicted molar refractivity (Wildman–Crippen MR) is 126 cm³/mol. The van der Waals surface area contributed by atoms with E-state index >= 15 is 0 Å². The van der Waals surface area contributed by atoms with Crippen LogP contribution in [0.2, 0.25) is 5.02 Å². The molecule has 0 saturated carbocycles. The predicted octanol–water partition coefficient (Wildman–Crippen LogP) is 3.70. The van der Waals surface area contributed by atoms with E-state index < -0.39 is 21.4 Å². The van der Waals surface area contributed by atoms with Crippen molar-refractivity contribution in [2.45, 2.75) is 23.8 Å². The highest BCUT2D eigenvalue weighted by Crippen LogP contribution is 2.36. The van der Waals surface area contributed by atoms with Gasteiger partial charge in [-0.3, -0.25) is 14.3 Å². The molecule has 2 aliphatic rings. The number of piperidine rings is 1. The quantitative estimate of drug-likeness (QED) is 0.590. The zero-order chi connectivity index (χ0) is 24.0. The van der Waals surface area contributed by atoms with E-state index in [1.54, 1.807) is 15.5 Å². The number of hydrogen-bond acceptors (Lipinski definition) is 4. The minimum atomic E-state index is -3.95. The summed E-state index contributed by atoms with van der Waals surface area (Å²) < 4.78 is 42.7. The van der Waals surface area contributed by atoms with Gasteiger partial charge in [-0.25, -0.2) is 12.8 Å². The molecular formula is C24H21ClFN3O4S. The van der Waals surface area contributed by atoms with Crippen molar-refractivity contribution in [1.82, 2.24) is 9.47 Å². The number of pyridine rings is 1. The van der Waals surface area contributed by atoms with Crippen molar-refractivity contribution < 1.29 is 17.6 Å². The number of anilines is 1. The molecule has 10 heteroatoms. The van der Waals surface area contributed by atoms with E-state index in [2.05, 4.69) is 4.72 Å². The molecule has 2 aliphatic heterocycles. The lowest BCUT2D eigenvalue weighted by atomic mass is 9.83. The number of carbonyl (C=O) groups is 1. The molecular weight excluding hydrogens is 481 g/mol. The third-order valence-electron chi connectivity index (χ3n) is 6.35. The Balaban J connectivity index is 1.39. The molecule has 7 nitrogen and oxygen atoms in total. The Bertz CT molecular complexity index is 1420. The number of carbonyl (C=O) groups excluding carboxylic acids is 1. The van der Waals surface area contributed by atoms with Crippen LogP contribution in [0.3, 0.4) is 0 Å². The monoisotopic (exact) mass is 501 g/mol.